The van der Waals surface area contributed by atoms with Gasteiger partial charge in [-0.15, -0.1) is 0 Å². The van der Waals surface area contributed by atoms with Crippen molar-refractivity contribution in [2.24, 2.45) is 0 Å². The molecule has 0 fully saturated rings. The van der Waals surface area contributed by atoms with E-state index in [2.05, 4.69) is 12.2 Å². The quantitative estimate of drug-likeness (QED) is 0.224. The van der Waals surface area contributed by atoms with Crippen molar-refractivity contribution in [1.82, 2.24) is 10.2 Å². The largest absolute Gasteiger partial charge is 0.494 e. The van der Waals surface area contributed by atoms with Crippen molar-refractivity contribution >= 4 is 27.3 Å². The smallest absolute Gasteiger partial charge is 0.417 e. The van der Waals surface area contributed by atoms with Gasteiger partial charge in [0.2, 0.25) is 5.91 Å². The fourth-order valence-electron chi connectivity index (χ4n) is 4.48. The number of ether oxygens (including phenoxy) is 1. The van der Waals surface area contributed by atoms with Crippen LogP contribution in [0.2, 0.25) is 5.02 Å². The van der Waals surface area contributed by atoms with E-state index < -0.39 is 21.6 Å². The first-order valence-corrected chi connectivity index (χ1v) is 15.3. The Hall–Kier alpha value is -3.08. The number of halogens is 4. The first-order valence-electron chi connectivity index (χ1n) is 13.1. The van der Waals surface area contributed by atoms with Crippen LogP contribution in [0.5, 0.6) is 5.75 Å². The van der Waals surface area contributed by atoms with E-state index in [4.69, 9.17) is 16.3 Å². The standard InChI is InChI=1S/C30H34ClF3N2O4S/c1-21(23-9-5-4-6-10-23)19-36(20-25-11-7-12-27(29(25)31)30(32,33)34)15-8-16-40-26-14-13-24(18-35-22(2)37)28(17-26)41(3,38)39/h4-7,9-14,17,21H,8,15-16,18-20H2,1-3H3,(H,35,37). The van der Waals surface area contributed by atoms with Crippen molar-refractivity contribution in [3.05, 3.63) is 94.0 Å². The third kappa shape index (κ3) is 9.76. The lowest BCUT2D eigenvalue weighted by Crippen LogP contribution is -2.30. The van der Waals surface area contributed by atoms with Crippen molar-refractivity contribution in [2.75, 3.05) is 26.0 Å². The number of benzene rings is 3. The number of hydrogen-bond donors (Lipinski definition) is 1. The van der Waals surface area contributed by atoms with Crippen LogP contribution in [0, 0.1) is 0 Å². The van der Waals surface area contributed by atoms with Crippen LogP contribution >= 0.6 is 11.6 Å². The maximum atomic E-state index is 13.4. The number of nitrogens with zero attached hydrogens (tertiary/aromatic N) is 1. The number of hydrogen-bond acceptors (Lipinski definition) is 5. The van der Waals surface area contributed by atoms with Gasteiger partial charge in [-0.05, 0) is 47.2 Å². The minimum absolute atomic E-state index is 0.0706. The molecule has 1 N–H and O–H groups in total. The number of carbonyl (C=O) groups is 1. The first-order chi connectivity index (χ1) is 19.3. The third-order valence-corrected chi connectivity index (χ3v) is 8.16. The molecule has 0 spiro atoms. The molecular formula is C30H34ClF3N2O4S. The van der Waals surface area contributed by atoms with Gasteiger partial charge >= 0.3 is 6.18 Å². The Kier molecular flexibility index (Phi) is 11.2. The zero-order chi connectivity index (χ0) is 30.2. The first kappa shape index (κ1) is 32.4. The van der Waals surface area contributed by atoms with E-state index in [0.717, 1.165) is 17.9 Å². The van der Waals surface area contributed by atoms with Crippen LogP contribution in [0.4, 0.5) is 13.2 Å². The third-order valence-electron chi connectivity index (χ3n) is 6.53. The van der Waals surface area contributed by atoms with E-state index in [9.17, 15) is 26.4 Å². The molecular weight excluding hydrogens is 577 g/mol. The van der Waals surface area contributed by atoms with E-state index in [1.165, 1.54) is 19.1 Å². The molecule has 0 heterocycles. The van der Waals surface area contributed by atoms with Crippen LogP contribution in [-0.2, 0) is 33.9 Å². The Balaban J connectivity index is 1.72. The van der Waals surface area contributed by atoms with Crippen molar-refractivity contribution in [3.63, 3.8) is 0 Å². The van der Waals surface area contributed by atoms with Gasteiger partial charge in [-0.25, -0.2) is 8.42 Å². The lowest BCUT2D eigenvalue weighted by Gasteiger charge is -2.27. The van der Waals surface area contributed by atoms with Gasteiger partial charge in [-0.3, -0.25) is 9.69 Å². The molecule has 1 unspecified atom stereocenters. The van der Waals surface area contributed by atoms with E-state index >= 15 is 0 Å². The molecule has 0 saturated carbocycles. The van der Waals surface area contributed by atoms with Crippen LogP contribution in [0.25, 0.3) is 0 Å². The SMILES string of the molecule is CC(=O)NCc1ccc(OCCCN(Cc2cccc(C(F)(F)F)c2Cl)CC(C)c2ccccc2)cc1S(C)(=O)=O. The molecule has 6 nitrogen and oxygen atoms in total. The maximum Gasteiger partial charge on any atom is 0.417 e. The van der Waals surface area contributed by atoms with Crippen molar-refractivity contribution in [1.29, 1.82) is 0 Å². The van der Waals surface area contributed by atoms with Crippen molar-refractivity contribution in [2.45, 2.75) is 50.3 Å². The number of carbonyl (C=O) groups excluding carboxylic acids is 1. The van der Waals surface area contributed by atoms with Crippen LogP contribution in [0.1, 0.15) is 48.4 Å². The van der Waals surface area contributed by atoms with Crippen molar-refractivity contribution < 1.29 is 31.1 Å². The van der Waals surface area contributed by atoms with Crippen LogP contribution < -0.4 is 10.1 Å². The Morgan fingerprint density at radius 3 is 2.39 bits per heavy atom. The molecule has 41 heavy (non-hydrogen) atoms. The number of amides is 1. The zero-order valence-electron chi connectivity index (χ0n) is 23.2. The van der Waals surface area contributed by atoms with Crippen molar-refractivity contribution in [3.8, 4) is 5.75 Å². The number of nitrogens with one attached hydrogen (secondary N) is 1. The van der Waals surface area contributed by atoms with E-state index in [-0.39, 0.29) is 41.4 Å². The molecule has 0 radical (unpaired) electrons. The van der Waals surface area contributed by atoms with Gasteiger partial charge in [0.15, 0.2) is 9.84 Å². The summed E-state index contributed by atoms with van der Waals surface area (Å²) in [7, 11) is -3.57. The topological polar surface area (TPSA) is 75.7 Å². The highest BCUT2D eigenvalue weighted by molar-refractivity contribution is 7.90. The van der Waals surface area contributed by atoms with Gasteiger partial charge in [-0.2, -0.15) is 13.2 Å². The summed E-state index contributed by atoms with van der Waals surface area (Å²) < 4.78 is 70.8. The van der Waals surface area contributed by atoms with Gasteiger partial charge in [0.05, 0.1) is 22.1 Å². The minimum Gasteiger partial charge on any atom is -0.494 e. The van der Waals surface area contributed by atoms with E-state index in [0.29, 0.717) is 36.4 Å². The fraction of sp³-hybridized carbons (Fsp3) is 0.367. The summed E-state index contributed by atoms with van der Waals surface area (Å²) in [4.78, 5) is 13.4. The van der Waals surface area contributed by atoms with Gasteiger partial charge in [-0.1, -0.05) is 67.1 Å². The molecule has 0 aliphatic heterocycles. The Morgan fingerprint density at radius 1 is 1.05 bits per heavy atom. The Labute approximate surface area is 244 Å². The summed E-state index contributed by atoms with van der Waals surface area (Å²) in [5, 5.41) is 2.30. The summed E-state index contributed by atoms with van der Waals surface area (Å²) in [6.45, 7) is 5.03. The highest BCUT2D eigenvalue weighted by atomic mass is 35.5. The number of sulfone groups is 1. The monoisotopic (exact) mass is 610 g/mol. The average Bonchev–Trinajstić information content (AvgIpc) is 2.90. The summed E-state index contributed by atoms with van der Waals surface area (Å²) in [6, 6.07) is 18.5. The van der Waals surface area contributed by atoms with Gasteiger partial charge in [0, 0.05) is 39.4 Å². The highest BCUT2D eigenvalue weighted by Crippen LogP contribution is 2.36. The summed E-state index contributed by atoms with van der Waals surface area (Å²) in [5.74, 6) is 0.194. The average molecular weight is 611 g/mol. The second-order valence-corrected chi connectivity index (χ2v) is 12.3. The number of rotatable bonds is 13. The molecule has 3 aromatic rings. The predicted molar refractivity (Wildman–Crippen MR) is 154 cm³/mol. The summed E-state index contributed by atoms with van der Waals surface area (Å²) in [5.41, 5.74) is 1.08. The van der Waals surface area contributed by atoms with Gasteiger partial charge < -0.3 is 10.1 Å². The number of alkyl halides is 3. The minimum atomic E-state index is -4.55. The van der Waals surface area contributed by atoms with E-state index in [1.54, 1.807) is 18.2 Å². The molecule has 11 heteroatoms. The summed E-state index contributed by atoms with van der Waals surface area (Å²) in [6.07, 6.45) is -2.93. The predicted octanol–water partition coefficient (Wildman–Crippen LogP) is 6.47. The fourth-order valence-corrected chi connectivity index (χ4v) is 5.72. The molecule has 0 aliphatic carbocycles. The van der Waals surface area contributed by atoms with Gasteiger partial charge in [0.25, 0.3) is 0 Å². The molecule has 0 aliphatic rings. The normalized spacial score (nSPS) is 12.8. The second-order valence-electron chi connectivity index (χ2n) is 9.98. The van der Waals surface area contributed by atoms with Crippen LogP contribution in [0.15, 0.2) is 71.6 Å². The van der Waals surface area contributed by atoms with Crippen LogP contribution in [-0.4, -0.2) is 45.2 Å². The Bertz CT molecular complexity index is 1430. The maximum absolute atomic E-state index is 13.4. The molecule has 1 amide bonds. The highest BCUT2D eigenvalue weighted by Gasteiger charge is 2.34. The molecule has 222 valence electrons. The zero-order valence-corrected chi connectivity index (χ0v) is 24.7. The molecule has 3 rings (SSSR count). The molecule has 0 aromatic heterocycles. The Morgan fingerprint density at radius 2 is 1.76 bits per heavy atom. The molecule has 1 atom stereocenters. The molecule has 3 aromatic carbocycles. The van der Waals surface area contributed by atoms with Gasteiger partial charge in [0.1, 0.15) is 5.75 Å². The van der Waals surface area contributed by atoms with E-state index in [1.807, 2.05) is 35.2 Å². The molecule has 0 saturated heterocycles. The summed E-state index contributed by atoms with van der Waals surface area (Å²) >= 11 is 6.19. The van der Waals surface area contributed by atoms with Crippen LogP contribution in [0.3, 0.4) is 0 Å². The lowest BCUT2D eigenvalue weighted by molar-refractivity contribution is -0.137. The lowest BCUT2D eigenvalue weighted by atomic mass is 10.00. The molecule has 0 bridgehead atoms. The second kappa shape index (κ2) is 14.2.